The Labute approximate surface area is 167 Å². The predicted octanol–water partition coefficient (Wildman–Crippen LogP) is 3.02. The lowest BCUT2D eigenvalue weighted by Gasteiger charge is -2.28. The normalized spacial score (nSPS) is 20.8. The molecule has 0 spiro atoms. The van der Waals surface area contributed by atoms with Gasteiger partial charge in [0.05, 0.1) is 18.8 Å². The average molecular weight is 407 g/mol. The Bertz CT molecular complexity index is 826. The minimum Gasteiger partial charge on any atom is -0.378 e. The van der Waals surface area contributed by atoms with Crippen LogP contribution in [-0.2, 0) is 17.5 Å². The Morgan fingerprint density at radius 1 is 1.14 bits per heavy atom. The van der Waals surface area contributed by atoms with Crippen LogP contribution in [0.4, 0.5) is 24.9 Å². The van der Waals surface area contributed by atoms with Crippen LogP contribution in [0.2, 0.25) is 0 Å². The van der Waals surface area contributed by atoms with Gasteiger partial charge in [-0.15, -0.1) is 0 Å². The van der Waals surface area contributed by atoms with Crippen molar-refractivity contribution >= 4 is 11.8 Å². The standard InChI is InChI=1S/C20H24F3N5O/c21-20(22,23)16-3-1-2-15(12-16)13-27-7-5-17(14-27)25-19-24-6-4-18(26-19)28-8-10-29-11-9-28/h1-4,6,12,17H,5,7-11,13-14H2,(H,24,25,26). The lowest BCUT2D eigenvalue weighted by atomic mass is 10.1. The lowest BCUT2D eigenvalue weighted by Crippen LogP contribution is -2.37. The number of ether oxygens (including phenoxy) is 1. The van der Waals surface area contributed by atoms with Gasteiger partial charge in [-0.1, -0.05) is 18.2 Å². The molecule has 0 amide bonds. The van der Waals surface area contributed by atoms with Gasteiger partial charge in [-0.25, -0.2) is 4.98 Å². The smallest absolute Gasteiger partial charge is 0.378 e. The molecule has 9 heteroatoms. The maximum Gasteiger partial charge on any atom is 0.416 e. The van der Waals surface area contributed by atoms with E-state index in [1.54, 1.807) is 12.3 Å². The van der Waals surface area contributed by atoms with E-state index in [0.29, 0.717) is 31.3 Å². The van der Waals surface area contributed by atoms with Crippen molar-refractivity contribution in [3.05, 3.63) is 47.7 Å². The molecule has 0 aliphatic carbocycles. The zero-order valence-corrected chi connectivity index (χ0v) is 16.0. The van der Waals surface area contributed by atoms with Crippen molar-refractivity contribution in [2.75, 3.05) is 49.6 Å². The number of aromatic nitrogens is 2. The van der Waals surface area contributed by atoms with Gasteiger partial charge in [-0.05, 0) is 24.1 Å². The Morgan fingerprint density at radius 3 is 2.76 bits per heavy atom. The first-order valence-electron chi connectivity index (χ1n) is 9.78. The third-order valence-electron chi connectivity index (χ3n) is 5.24. The Kier molecular flexibility index (Phi) is 5.86. The number of alkyl halides is 3. The second-order valence-electron chi connectivity index (χ2n) is 7.40. The molecular weight excluding hydrogens is 383 g/mol. The maximum atomic E-state index is 12.9. The van der Waals surface area contributed by atoms with Crippen molar-refractivity contribution < 1.29 is 17.9 Å². The van der Waals surface area contributed by atoms with Crippen LogP contribution < -0.4 is 10.2 Å². The highest BCUT2D eigenvalue weighted by Crippen LogP contribution is 2.30. The quantitative estimate of drug-likeness (QED) is 0.823. The molecule has 2 aromatic rings. The molecule has 2 saturated heterocycles. The molecule has 29 heavy (non-hydrogen) atoms. The number of halogens is 3. The summed E-state index contributed by atoms with van der Waals surface area (Å²) in [5, 5.41) is 3.37. The van der Waals surface area contributed by atoms with Crippen molar-refractivity contribution in [1.29, 1.82) is 0 Å². The molecule has 4 rings (SSSR count). The molecule has 1 unspecified atom stereocenters. The van der Waals surface area contributed by atoms with Crippen LogP contribution in [0.5, 0.6) is 0 Å². The molecule has 2 aliphatic heterocycles. The van der Waals surface area contributed by atoms with Gasteiger partial charge >= 0.3 is 6.18 Å². The van der Waals surface area contributed by atoms with E-state index in [4.69, 9.17) is 4.74 Å². The van der Waals surface area contributed by atoms with Gasteiger partial charge in [0.1, 0.15) is 5.82 Å². The van der Waals surface area contributed by atoms with Gasteiger partial charge in [0.15, 0.2) is 0 Å². The molecule has 3 heterocycles. The molecule has 0 bridgehead atoms. The summed E-state index contributed by atoms with van der Waals surface area (Å²) in [4.78, 5) is 13.3. The van der Waals surface area contributed by atoms with Crippen LogP contribution in [-0.4, -0.2) is 60.3 Å². The number of hydrogen-bond acceptors (Lipinski definition) is 6. The highest BCUT2D eigenvalue weighted by molar-refractivity contribution is 5.43. The Morgan fingerprint density at radius 2 is 1.97 bits per heavy atom. The van der Waals surface area contributed by atoms with E-state index >= 15 is 0 Å². The van der Waals surface area contributed by atoms with Crippen molar-refractivity contribution in [1.82, 2.24) is 14.9 Å². The molecule has 1 N–H and O–H groups in total. The zero-order chi connectivity index (χ0) is 20.3. The lowest BCUT2D eigenvalue weighted by molar-refractivity contribution is -0.137. The number of rotatable bonds is 5. The third kappa shape index (κ3) is 5.16. The molecule has 2 fully saturated rings. The van der Waals surface area contributed by atoms with E-state index in [-0.39, 0.29) is 6.04 Å². The largest absolute Gasteiger partial charge is 0.416 e. The van der Waals surface area contributed by atoms with E-state index in [2.05, 4.69) is 25.1 Å². The zero-order valence-electron chi connectivity index (χ0n) is 16.0. The number of nitrogens with zero attached hydrogens (tertiary/aromatic N) is 4. The summed E-state index contributed by atoms with van der Waals surface area (Å²) in [6, 6.07) is 7.61. The number of hydrogen-bond donors (Lipinski definition) is 1. The van der Waals surface area contributed by atoms with Crippen LogP contribution in [0.3, 0.4) is 0 Å². The van der Waals surface area contributed by atoms with E-state index in [9.17, 15) is 13.2 Å². The van der Waals surface area contributed by atoms with E-state index < -0.39 is 11.7 Å². The topological polar surface area (TPSA) is 53.5 Å². The van der Waals surface area contributed by atoms with Crippen LogP contribution in [0, 0.1) is 0 Å². The maximum absolute atomic E-state index is 12.9. The van der Waals surface area contributed by atoms with Crippen molar-refractivity contribution in [3.8, 4) is 0 Å². The first-order valence-corrected chi connectivity index (χ1v) is 9.78. The van der Waals surface area contributed by atoms with E-state index in [1.165, 1.54) is 12.1 Å². The number of nitrogens with one attached hydrogen (secondary N) is 1. The molecule has 1 aromatic heterocycles. The molecule has 1 atom stereocenters. The van der Waals surface area contributed by atoms with E-state index in [0.717, 1.165) is 44.5 Å². The summed E-state index contributed by atoms with van der Waals surface area (Å²) < 4.78 is 44.1. The van der Waals surface area contributed by atoms with Crippen molar-refractivity contribution in [2.45, 2.75) is 25.2 Å². The first-order chi connectivity index (χ1) is 14.0. The fourth-order valence-corrected chi connectivity index (χ4v) is 3.77. The number of anilines is 2. The highest BCUT2D eigenvalue weighted by atomic mass is 19.4. The summed E-state index contributed by atoms with van der Waals surface area (Å²) in [5.41, 5.74) is 0.0724. The number of likely N-dealkylation sites (tertiary alicyclic amines) is 1. The van der Waals surface area contributed by atoms with Gasteiger partial charge in [0.25, 0.3) is 0 Å². The molecule has 6 nitrogen and oxygen atoms in total. The summed E-state index contributed by atoms with van der Waals surface area (Å²) in [6.45, 7) is 5.06. The molecule has 0 saturated carbocycles. The third-order valence-corrected chi connectivity index (χ3v) is 5.24. The first kappa shape index (κ1) is 19.9. The average Bonchev–Trinajstić information content (AvgIpc) is 3.15. The molecule has 156 valence electrons. The van der Waals surface area contributed by atoms with Crippen LogP contribution in [0.15, 0.2) is 36.5 Å². The fourth-order valence-electron chi connectivity index (χ4n) is 3.77. The summed E-state index contributed by atoms with van der Waals surface area (Å²) in [5.74, 6) is 1.46. The SMILES string of the molecule is FC(F)(F)c1cccc(CN2CCC(Nc3nccc(N4CCOCC4)n3)C2)c1. The molecule has 0 radical (unpaired) electrons. The summed E-state index contributed by atoms with van der Waals surface area (Å²) in [6.07, 6.45) is -1.67. The number of morpholine rings is 1. The van der Waals surface area contributed by atoms with Gasteiger partial charge in [-0.2, -0.15) is 18.2 Å². The second-order valence-corrected chi connectivity index (χ2v) is 7.40. The predicted molar refractivity (Wildman–Crippen MR) is 104 cm³/mol. The van der Waals surface area contributed by atoms with Crippen molar-refractivity contribution in [2.24, 2.45) is 0 Å². The monoisotopic (exact) mass is 407 g/mol. The molecule has 2 aliphatic rings. The fraction of sp³-hybridized carbons (Fsp3) is 0.500. The van der Waals surface area contributed by atoms with Gasteiger partial charge in [0, 0.05) is 45.0 Å². The van der Waals surface area contributed by atoms with Crippen molar-refractivity contribution in [3.63, 3.8) is 0 Å². The van der Waals surface area contributed by atoms with E-state index in [1.807, 2.05) is 6.07 Å². The Hall–Kier alpha value is -2.39. The second kappa shape index (κ2) is 8.54. The molecular formula is C20H24F3N5O. The molecule has 1 aromatic carbocycles. The minimum absolute atomic E-state index is 0.167. The summed E-state index contributed by atoms with van der Waals surface area (Å²) in [7, 11) is 0. The van der Waals surface area contributed by atoms with Gasteiger partial charge < -0.3 is 15.0 Å². The van der Waals surface area contributed by atoms with Crippen LogP contribution in [0.1, 0.15) is 17.5 Å². The minimum atomic E-state index is -4.31. The van der Waals surface area contributed by atoms with Crippen LogP contribution >= 0.6 is 0 Å². The highest BCUT2D eigenvalue weighted by Gasteiger charge is 2.31. The van der Waals surface area contributed by atoms with Gasteiger partial charge in [-0.3, -0.25) is 4.90 Å². The number of benzene rings is 1. The van der Waals surface area contributed by atoms with Gasteiger partial charge in [0.2, 0.25) is 5.95 Å². The summed E-state index contributed by atoms with van der Waals surface area (Å²) >= 11 is 0. The van der Waals surface area contributed by atoms with Crippen LogP contribution in [0.25, 0.3) is 0 Å². The Balaban J connectivity index is 1.34.